The van der Waals surface area contributed by atoms with Gasteiger partial charge >= 0.3 is 0 Å². The monoisotopic (exact) mass is 207 g/mol. The van der Waals surface area contributed by atoms with Crippen molar-refractivity contribution in [3.63, 3.8) is 0 Å². The van der Waals surface area contributed by atoms with E-state index in [1.165, 1.54) is 0 Å². The topological polar surface area (TPSA) is 52.5 Å². The van der Waals surface area contributed by atoms with Gasteiger partial charge in [0.15, 0.2) is 0 Å². The van der Waals surface area contributed by atoms with Crippen molar-refractivity contribution in [3.8, 4) is 0 Å². The third-order valence-corrected chi connectivity index (χ3v) is 3.06. The number of aliphatic hydroxyl groups excluding tert-OH is 1. The molecular formula is C9H21NO2S. The van der Waals surface area contributed by atoms with Crippen LogP contribution in [-0.2, 0) is 0 Å². The number of aliphatic hydroxyl groups is 2. The number of rotatable bonds is 6. The summed E-state index contributed by atoms with van der Waals surface area (Å²) in [4.78, 5) is 0. The molecule has 13 heavy (non-hydrogen) atoms. The summed E-state index contributed by atoms with van der Waals surface area (Å²) in [6, 6.07) is 0.214. The van der Waals surface area contributed by atoms with Crippen molar-refractivity contribution < 1.29 is 10.2 Å². The molecule has 3 nitrogen and oxygen atoms in total. The van der Waals surface area contributed by atoms with Crippen LogP contribution in [-0.4, -0.2) is 46.5 Å². The summed E-state index contributed by atoms with van der Waals surface area (Å²) in [5.41, 5.74) is -0.688. The van der Waals surface area contributed by atoms with Gasteiger partial charge in [0.2, 0.25) is 0 Å². The molecule has 0 fully saturated rings. The van der Waals surface area contributed by atoms with E-state index in [-0.39, 0.29) is 17.9 Å². The van der Waals surface area contributed by atoms with Gasteiger partial charge in [-0.1, -0.05) is 0 Å². The molecule has 0 saturated heterocycles. The Hall–Kier alpha value is 0.230. The van der Waals surface area contributed by atoms with E-state index in [0.29, 0.717) is 6.54 Å². The molecule has 0 aromatic carbocycles. The number of hydrogen-bond donors (Lipinski definition) is 3. The number of nitrogens with one attached hydrogen (secondary N) is 1. The predicted octanol–water partition coefficient (Wildman–Crippen LogP) is 0.459. The lowest BCUT2D eigenvalue weighted by Gasteiger charge is -2.25. The fourth-order valence-corrected chi connectivity index (χ4v) is 1.63. The highest BCUT2D eigenvalue weighted by Crippen LogP contribution is 2.10. The first-order valence-corrected chi connectivity index (χ1v) is 5.79. The first kappa shape index (κ1) is 13.2. The maximum absolute atomic E-state index is 9.46. The van der Waals surface area contributed by atoms with E-state index in [9.17, 15) is 5.11 Å². The molecule has 0 rings (SSSR count). The van der Waals surface area contributed by atoms with E-state index in [2.05, 4.69) is 5.32 Å². The zero-order valence-electron chi connectivity index (χ0n) is 8.87. The molecule has 80 valence electrons. The summed E-state index contributed by atoms with van der Waals surface area (Å²) >= 11 is 1.63. The maximum atomic E-state index is 9.46. The lowest BCUT2D eigenvalue weighted by Crippen LogP contribution is -2.44. The average molecular weight is 207 g/mol. The second-order valence-corrected chi connectivity index (χ2v) is 5.02. The van der Waals surface area contributed by atoms with E-state index in [0.717, 1.165) is 0 Å². The van der Waals surface area contributed by atoms with Crippen molar-refractivity contribution in [1.82, 2.24) is 5.32 Å². The van der Waals surface area contributed by atoms with Crippen molar-refractivity contribution in [2.24, 2.45) is 0 Å². The van der Waals surface area contributed by atoms with Crippen molar-refractivity contribution in [3.05, 3.63) is 0 Å². The molecule has 0 heterocycles. The first-order valence-electron chi connectivity index (χ1n) is 4.50. The van der Waals surface area contributed by atoms with Gasteiger partial charge in [-0.3, -0.25) is 0 Å². The Labute approximate surface area is 84.9 Å². The molecule has 0 bridgehead atoms. The first-order chi connectivity index (χ1) is 5.90. The van der Waals surface area contributed by atoms with Gasteiger partial charge in [-0.25, -0.2) is 0 Å². The highest BCUT2D eigenvalue weighted by Gasteiger charge is 2.18. The Morgan fingerprint density at radius 2 is 2.00 bits per heavy atom. The van der Waals surface area contributed by atoms with Gasteiger partial charge in [0, 0.05) is 17.8 Å². The number of thioether (sulfide) groups is 1. The minimum atomic E-state index is -0.688. The van der Waals surface area contributed by atoms with Gasteiger partial charge in [0.1, 0.15) is 0 Å². The van der Waals surface area contributed by atoms with Gasteiger partial charge in [-0.2, -0.15) is 11.8 Å². The van der Waals surface area contributed by atoms with Crippen LogP contribution in [0, 0.1) is 0 Å². The van der Waals surface area contributed by atoms with Crippen LogP contribution in [0.15, 0.2) is 0 Å². The van der Waals surface area contributed by atoms with Crippen LogP contribution < -0.4 is 5.32 Å². The molecule has 4 heteroatoms. The molecule has 0 amide bonds. The van der Waals surface area contributed by atoms with Crippen LogP contribution in [0.3, 0.4) is 0 Å². The average Bonchev–Trinajstić information content (AvgIpc) is 2.02. The predicted molar refractivity (Wildman–Crippen MR) is 58.2 cm³/mol. The third kappa shape index (κ3) is 6.32. The van der Waals surface area contributed by atoms with Crippen LogP contribution in [0.4, 0.5) is 0 Å². The van der Waals surface area contributed by atoms with Crippen molar-refractivity contribution in [2.75, 3.05) is 19.4 Å². The van der Waals surface area contributed by atoms with Crippen LogP contribution >= 0.6 is 11.8 Å². The van der Waals surface area contributed by atoms with Crippen molar-refractivity contribution in [2.45, 2.75) is 37.7 Å². The summed E-state index contributed by atoms with van der Waals surface area (Å²) in [6.45, 7) is 6.26. The zero-order chi connectivity index (χ0) is 10.5. The smallest absolute Gasteiger partial charge is 0.0715 e. The molecule has 0 aromatic rings. The Bertz CT molecular complexity index is 132. The van der Waals surface area contributed by atoms with E-state index >= 15 is 0 Å². The molecule has 0 aromatic heterocycles. The summed E-state index contributed by atoms with van der Waals surface area (Å²) in [6.07, 6.45) is 1.98. The lowest BCUT2D eigenvalue weighted by molar-refractivity contribution is 0.0761. The van der Waals surface area contributed by atoms with Crippen LogP contribution in [0.2, 0.25) is 0 Å². The molecular weight excluding hydrogens is 186 g/mol. The molecule has 0 radical (unpaired) electrons. The van der Waals surface area contributed by atoms with Crippen molar-refractivity contribution in [1.29, 1.82) is 0 Å². The SMILES string of the molecule is CSC(CO)C(C)NCC(C)(C)O. The summed E-state index contributed by atoms with van der Waals surface area (Å²) < 4.78 is 0. The Kier molecular flexibility index (Phi) is 5.96. The van der Waals surface area contributed by atoms with E-state index < -0.39 is 5.60 Å². The quantitative estimate of drug-likeness (QED) is 0.592. The summed E-state index contributed by atoms with van der Waals surface area (Å²) in [7, 11) is 0. The normalized spacial score (nSPS) is 17.1. The zero-order valence-corrected chi connectivity index (χ0v) is 9.69. The van der Waals surface area contributed by atoms with E-state index in [1.54, 1.807) is 25.6 Å². The third-order valence-electron chi connectivity index (χ3n) is 1.90. The highest BCUT2D eigenvalue weighted by atomic mass is 32.2. The van der Waals surface area contributed by atoms with Crippen LogP contribution in [0.25, 0.3) is 0 Å². The molecule has 0 aliphatic rings. The Balaban J connectivity index is 3.78. The van der Waals surface area contributed by atoms with Gasteiger partial charge in [0.25, 0.3) is 0 Å². The molecule has 0 saturated carbocycles. The summed E-state index contributed by atoms with van der Waals surface area (Å²) in [5.74, 6) is 0. The number of hydrogen-bond acceptors (Lipinski definition) is 4. The Morgan fingerprint density at radius 3 is 2.31 bits per heavy atom. The van der Waals surface area contributed by atoms with Gasteiger partial charge in [-0.15, -0.1) is 0 Å². The highest BCUT2D eigenvalue weighted by molar-refractivity contribution is 7.99. The van der Waals surface area contributed by atoms with Gasteiger partial charge in [0.05, 0.1) is 12.2 Å². The molecule has 2 unspecified atom stereocenters. The second-order valence-electron chi connectivity index (χ2n) is 3.94. The van der Waals surface area contributed by atoms with Crippen LogP contribution in [0.5, 0.6) is 0 Å². The second kappa shape index (κ2) is 5.86. The summed E-state index contributed by atoms with van der Waals surface area (Å²) in [5, 5.41) is 21.9. The lowest BCUT2D eigenvalue weighted by atomic mass is 10.1. The largest absolute Gasteiger partial charge is 0.395 e. The molecule has 2 atom stereocenters. The van der Waals surface area contributed by atoms with Crippen LogP contribution in [0.1, 0.15) is 20.8 Å². The van der Waals surface area contributed by atoms with Gasteiger partial charge < -0.3 is 15.5 Å². The fourth-order valence-electron chi connectivity index (χ4n) is 0.979. The molecule has 0 spiro atoms. The Morgan fingerprint density at radius 1 is 1.46 bits per heavy atom. The maximum Gasteiger partial charge on any atom is 0.0715 e. The molecule has 0 aliphatic carbocycles. The van der Waals surface area contributed by atoms with Gasteiger partial charge in [-0.05, 0) is 27.0 Å². The minimum absolute atomic E-state index is 0.168. The standard InChI is InChI=1S/C9H21NO2S/c1-7(8(5-11)13-4)10-6-9(2,3)12/h7-8,10-12H,5-6H2,1-4H3. The molecule has 0 aliphatic heterocycles. The fraction of sp³-hybridized carbons (Fsp3) is 1.00. The van der Waals surface area contributed by atoms with E-state index in [4.69, 9.17) is 5.11 Å². The van der Waals surface area contributed by atoms with Crippen molar-refractivity contribution >= 4 is 11.8 Å². The molecule has 3 N–H and O–H groups in total. The minimum Gasteiger partial charge on any atom is -0.395 e. The van der Waals surface area contributed by atoms with E-state index in [1.807, 2.05) is 13.2 Å².